The molecule has 0 aliphatic heterocycles. The van der Waals surface area contributed by atoms with Crippen LogP contribution in [0, 0.1) is 0 Å². The van der Waals surface area contributed by atoms with Crippen LogP contribution < -0.4 is 5.32 Å². The molecule has 0 aliphatic carbocycles. The third-order valence-electron chi connectivity index (χ3n) is 1.24. The third kappa shape index (κ3) is 7.88. The predicted molar refractivity (Wildman–Crippen MR) is 48.2 cm³/mol. The van der Waals surface area contributed by atoms with Crippen molar-refractivity contribution < 1.29 is 4.43 Å². The van der Waals surface area contributed by atoms with Crippen molar-refractivity contribution in [3.05, 3.63) is 12.7 Å². The topological polar surface area (TPSA) is 21.3 Å². The molecule has 1 N–H and O–H groups in total. The molecule has 0 unspecified atom stereocenters. The quantitative estimate of drug-likeness (QED) is 0.317. The lowest BCUT2D eigenvalue weighted by atomic mass is 10.3. The summed E-state index contributed by atoms with van der Waals surface area (Å²) in [6.07, 6.45) is 4.26. The van der Waals surface area contributed by atoms with Gasteiger partial charge in [-0.05, 0) is 19.4 Å². The molecule has 0 atom stereocenters. The molecule has 0 aromatic heterocycles. The molecule has 0 saturated heterocycles. The molecule has 60 valence electrons. The van der Waals surface area contributed by atoms with E-state index in [0.717, 1.165) is 30.2 Å². The lowest BCUT2D eigenvalue weighted by molar-refractivity contribution is 0.335. The average molecular weight is 159 g/mol. The Morgan fingerprint density at radius 2 is 2.30 bits per heavy atom. The standard InChI is InChI=1S/C7H17NOSi/c1-2-5-8-6-3-4-7-9-10/h2,8H,1,3-7H2,10H3. The molecule has 0 aromatic rings. The first kappa shape index (κ1) is 9.88. The van der Waals surface area contributed by atoms with Crippen LogP contribution >= 0.6 is 0 Å². The summed E-state index contributed by atoms with van der Waals surface area (Å²) in [5, 5.41) is 3.23. The van der Waals surface area contributed by atoms with Crippen molar-refractivity contribution in [2.45, 2.75) is 12.8 Å². The molecule has 0 spiro atoms. The highest BCUT2D eigenvalue weighted by Gasteiger charge is 1.84. The van der Waals surface area contributed by atoms with Crippen LogP contribution in [0.2, 0.25) is 0 Å². The van der Waals surface area contributed by atoms with E-state index in [1.165, 1.54) is 12.8 Å². The number of hydrogen-bond acceptors (Lipinski definition) is 2. The molecule has 0 saturated carbocycles. The van der Waals surface area contributed by atoms with E-state index in [9.17, 15) is 0 Å². The summed E-state index contributed by atoms with van der Waals surface area (Å²) in [5.74, 6) is 0. The molecule has 0 aromatic carbocycles. The molecule has 10 heavy (non-hydrogen) atoms. The van der Waals surface area contributed by atoms with Crippen LogP contribution in [0.5, 0.6) is 0 Å². The third-order valence-corrected chi connectivity index (χ3v) is 1.65. The molecule has 0 radical (unpaired) electrons. The van der Waals surface area contributed by atoms with Gasteiger partial charge in [0.25, 0.3) is 0 Å². The van der Waals surface area contributed by atoms with Gasteiger partial charge in [0.1, 0.15) is 10.5 Å². The van der Waals surface area contributed by atoms with Crippen LogP contribution in [0.1, 0.15) is 12.8 Å². The second-order valence-electron chi connectivity index (χ2n) is 2.19. The fourth-order valence-corrected chi connectivity index (χ4v) is 0.989. The SMILES string of the molecule is C=CCNCCCCO[SiH3]. The predicted octanol–water partition coefficient (Wildman–Crippen LogP) is -0.161. The molecule has 0 fully saturated rings. The van der Waals surface area contributed by atoms with Crippen LogP contribution in [0.15, 0.2) is 12.7 Å². The molecule has 2 nitrogen and oxygen atoms in total. The minimum Gasteiger partial charge on any atom is -0.428 e. The van der Waals surface area contributed by atoms with Gasteiger partial charge in [-0.25, -0.2) is 0 Å². The summed E-state index contributed by atoms with van der Waals surface area (Å²) in [6.45, 7) is 6.54. The van der Waals surface area contributed by atoms with Crippen molar-refractivity contribution >= 4 is 10.5 Å². The van der Waals surface area contributed by atoms with E-state index in [0.29, 0.717) is 0 Å². The lowest BCUT2D eigenvalue weighted by Gasteiger charge is -2.00. The number of hydrogen-bond donors (Lipinski definition) is 1. The van der Waals surface area contributed by atoms with E-state index in [-0.39, 0.29) is 0 Å². The maximum atomic E-state index is 5.04. The summed E-state index contributed by atoms with van der Waals surface area (Å²) in [6, 6.07) is 0. The lowest BCUT2D eigenvalue weighted by Crippen LogP contribution is -2.15. The van der Waals surface area contributed by atoms with Gasteiger partial charge in [0, 0.05) is 13.2 Å². The molecular formula is C7H17NOSi. The largest absolute Gasteiger partial charge is 0.428 e. The van der Waals surface area contributed by atoms with E-state index in [4.69, 9.17) is 4.43 Å². The summed E-state index contributed by atoms with van der Waals surface area (Å²) in [5.41, 5.74) is 0. The van der Waals surface area contributed by atoms with Gasteiger partial charge in [0.05, 0.1) is 0 Å². The first-order valence-electron chi connectivity index (χ1n) is 3.72. The van der Waals surface area contributed by atoms with Gasteiger partial charge in [-0.1, -0.05) is 6.08 Å². The summed E-state index contributed by atoms with van der Waals surface area (Å²) in [7, 11) is 0.872. The zero-order valence-electron chi connectivity index (χ0n) is 6.73. The van der Waals surface area contributed by atoms with Crippen LogP contribution in [0.4, 0.5) is 0 Å². The molecular weight excluding hydrogens is 142 g/mol. The first-order valence-corrected chi connectivity index (χ1v) is 4.54. The van der Waals surface area contributed by atoms with Gasteiger partial charge in [-0.2, -0.15) is 0 Å². The van der Waals surface area contributed by atoms with Crippen LogP contribution in [0.25, 0.3) is 0 Å². The Morgan fingerprint density at radius 1 is 1.50 bits per heavy atom. The van der Waals surface area contributed by atoms with Crippen molar-refractivity contribution in [2.24, 2.45) is 0 Å². The fraction of sp³-hybridized carbons (Fsp3) is 0.714. The molecule has 0 rings (SSSR count). The van der Waals surface area contributed by atoms with Crippen molar-refractivity contribution in [2.75, 3.05) is 19.7 Å². The highest BCUT2D eigenvalue weighted by molar-refractivity contribution is 5.97. The van der Waals surface area contributed by atoms with Crippen molar-refractivity contribution in [1.29, 1.82) is 0 Å². The monoisotopic (exact) mass is 159 g/mol. The Bertz CT molecular complexity index is 78.0. The van der Waals surface area contributed by atoms with Crippen LogP contribution in [0.3, 0.4) is 0 Å². The number of rotatable bonds is 7. The molecule has 3 heteroatoms. The van der Waals surface area contributed by atoms with E-state index in [2.05, 4.69) is 11.9 Å². The van der Waals surface area contributed by atoms with Gasteiger partial charge < -0.3 is 9.74 Å². The molecule has 0 heterocycles. The molecule has 0 amide bonds. The zero-order chi connectivity index (χ0) is 7.66. The highest BCUT2D eigenvalue weighted by Crippen LogP contribution is 1.85. The van der Waals surface area contributed by atoms with E-state index in [1.807, 2.05) is 6.08 Å². The summed E-state index contributed by atoms with van der Waals surface area (Å²) in [4.78, 5) is 0. The van der Waals surface area contributed by atoms with Gasteiger partial charge in [0.2, 0.25) is 0 Å². The number of nitrogens with one attached hydrogen (secondary N) is 1. The Balaban J connectivity index is 2.70. The normalized spacial score (nSPS) is 10.0. The average Bonchev–Trinajstić information content (AvgIpc) is 1.97. The maximum absolute atomic E-state index is 5.04. The Hall–Kier alpha value is -0.123. The zero-order valence-corrected chi connectivity index (χ0v) is 8.73. The second kappa shape index (κ2) is 8.88. The van der Waals surface area contributed by atoms with Crippen molar-refractivity contribution in [3.63, 3.8) is 0 Å². The highest BCUT2D eigenvalue weighted by atomic mass is 28.2. The molecule has 0 bridgehead atoms. The van der Waals surface area contributed by atoms with Gasteiger partial charge in [-0.15, -0.1) is 6.58 Å². The van der Waals surface area contributed by atoms with Gasteiger partial charge in [-0.3, -0.25) is 0 Å². The summed E-state index contributed by atoms with van der Waals surface area (Å²) < 4.78 is 5.04. The molecule has 0 aliphatic rings. The summed E-state index contributed by atoms with van der Waals surface area (Å²) >= 11 is 0. The van der Waals surface area contributed by atoms with E-state index >= 15 is 0 Å². The number of unbranched alkanes of at least 4 members (excludes halogenated alkanes) is 1. The van der Waals surface area contributed by atoms with Crippen LogP contribution in [-0.2, 0) is 4.43 Å². The Kier molecular flexibility index (Phi) is 8.77. The Labute approximate surface area is 66.2 Å². The van der Waals surface area contributed by atoms with E-state index < -0.39 is 0 Å². The van der Waals surface area contributed by atoms with Gasteiger partial charge >= 0.3 is 0 Å². The van der Waals surface area contributed by atoms with E-state index in [1.54, 1.807) is 0 Å². The van der Waals surface area contributed by atoms with Crippen molar-refractivity contribution in [3.8, 4) is 0 Å². The Morgan fingerprint density at radius 3 is 2.90 bits per heavy atom. The second-order valence-corrected chi connectivity index (χ2v) is 2.77. The first-order chi connectivity index (χ1) is 4.91. The van der Waals surface area contributed by atoms with Gasteiger partial charge in [0.15, 0.2) is 0 Å². The van der Waals surface area contributed by atoms with Crippen molar-refractivity contribution in [1.82, 2.24) is 5.32 Å². The minimum atomic E-state index is 0.872. The minimum absolute atomic E-state index is 0.872. The smallest absolute Gasteiger partial charge is 0.145 e. The fourth-order valence-electron chi connectivity index (χ4n) is 0.701. The van der Waals surface area contributed by atoms with Crippen LogP contribution in [-0.4, -0.2) is 30.2 Å². The maximum Gasteiger partial charge on any atom is 0.145 e.